The summed E-state index contributed by atoms with van der Waals surface area (Å²) >= 11 is 0. The maximum absolute atomic E-state index is 12.3. The molecule has 1 saturated carbocycles. The first-order valence-corrected chi connectivity index (χ1v) is 6.86. The minimum atomic E-state index is -0.585. The van der Waals surface area contributed by atoms with Gasteiger partial charge in [0.15, 0.2) is 11.6 Å². The number of aliphatic hydroxyl groups is 1. The predicted molar refractivity (Wildman–Crippen MR) is 73.6 cm³/mol. The van der Waals surface area contributed by atoms with Crippen molar-refractivity contribution in [3.05, 3.63) is 23.5 Å². The van der Waals surface area contributed by atoms with Gasteiger partial charge in [0.1, 0.15) is 5.76 Å². The molecular weight excluding hydrogens is 240 g/mol. The van der Waals surface area contributed by atoms with Crippen molar-refractivity contribution in [2.75, 3.05) is 0 Å². The quantitative estimate of drug-likeness (QED) is 0.614. The lowest BCUT2D eigenvalue weighted by molar-refractivity contribution is -0.146. The van der Waals surface area contributed by atoms with Crippen LogP contribution in [0.3, 0.4) is 0 Å². The molecule has 1 fully saturated rings. The Morgan fingerprint density at radius 1 is 1.42 bits per heavy atom. The second kappa shape index (κ2) is 4.62. The SMILES string of the molecule is CC(C)=CC[C@H]1C[C@@H]2C(=O)[C@H](C(=O)C=C2O)C1(C)C. The van der Waals surface area contributed by atoms with E-state index in [4.69, 9.17) is 0 Å². The maximum Gasteiger partial charge on any atom is 0.170 e. The molecule has 3 atom stereocenters. The summed E-state index contributed by atoms with van der Waals surface area (Å²) in [7, 11) is 0. The Hall–Kier alpha value is -1.38. The number of aliphatic hydroxyl groups excluding tert-OH is 1. The Balaban J connectivity index is 2.37. The average molecular weight is 262 g/mol. The highest BCUT2D eigenvalue weighted by Crippen LogP contribution is 2.50. The van der Waals surface area contributed by atoms with Gasteiger partial charge in [0.2, 0.25) is 0 Å². The van der Waals surface area contributed by atoms with Crippen LogP contribution < -0.4 is 0 Å². The molecule has 0 aliphatic heterocycles. The summed E-state index contributed by atoms with van der Waals surface area (Å²) in [5.41, 5.74) is 0.900. The lowest BCUT2D eigenvalue weighted by Crippen LogP contribution is -2.52. The van der Waals surface area contributed by atoms with Crippen molar-refractivity contribution in [3.8, 4) is 0 Å². The minimum absolute atomic E-state index is 0.0380. The fourth-order valence-electron chi connectivity index (χ4n) is 3.39. The van der Waals surface area contributed by atoms with Crippen LogP contribution >= 0.6 is 0 Å². The third-order valence-electron chi connectivity index (χ3n) is 4.69. The molecule has 0 aromatic carbocycles. The van der Waals surface area contributed by atoms with Crippen LogP contribution in [0.4, 0.5) is 0 Å². The summed E-state index contributed by atoms with van der Waals surface area (Å²) in [6, 6.07) is 0. The Morgan fingerprint density at radius 3 is 2.63 bits per heavy atom. The van der Waals surface area contributed by atoms with Crippen molar-refractivity contribution in [1.29, 1.82) is 0 Å². The number of rotatable bonds is 2. The van der Waals surface area contributed by atoms with Gasteiger partial charge in [-0.05, 0) is 38.0 Å². The topological polar surface area (TPSA) is 54.4 Å². The van der Waals surface area contributed by atoms with Crippen LogP contribution in [0.5, 0.6) is 0 Å². The molecular formula is C16H22O3. The lowest BCUT2D eigenvalue weighted by Gasteiger charge is -2.47. The molecule has 0 aromatic rings. The second-order valence-corrected chi connectivity index (χ2v) is 6.63. The Bertz CT molecular complexity index is 478. The summed E-state index contributed by atoms with van der Waals surface area (Å²) in [5.74, 6) is -1.17. The van der Waals surface area contributed by atoms with Gasteiger partial charge in [-0.1, -0.05) is 25.5 Å². The molecule has 0 heterocycles. The average Bonchev–Trinajstić information content (AvgIpc) is 2.24. The predicted octanol–water partition coefficient (Wildman–Crippen LogP) is 3.21. The molecule has 0 saturated heterocycles. The second-order valence-electron chi connectivity index (χ2n) is 6.63. The highest BCUT2D eigenvalue weighted by molar-refractivity contribution is 6.13. The van der Waals surface area contributed by atoms with E-state index in [0.717, 1.165) is 6.42 Å². The number of carbonyl (C=O) groups is 2. The smallest absolute Gasteiger partial charge is 0.170 e. The van der Waals surface area contributed by atoms with E-state index in [1.165, 1.54) is 11.6 Å². The summed E-state index contributed by atoms with van der Waals surface area (Å²) < 4.78 is 0. The van der Waals surface area contributed by atoms with E-state index in [-0.39, 0.29) is 28.7 Å². The van der Waals surface area contributed by atoms with Gasteiger partial charge in [0, 0.05) is 6.08 Å². The molecule has 104 valence electrons. The fourth-order valence-corrected chi connectivity index (χ4v) is 3.39. The van der Waals surface area contributed by atoms with Gasteiger partial charge < -0.3 is 5.11 Å². The number of ketones is 2. The molecule has 0 radical (unpaired) electrons. The summed E-state index contributed by atoms with van der Waals surface area (Å²) in [6.45, 7) is 8.10. The Morgan fingerprint density at radius 2 is 2.05 bits per heavy atom. The van der Waals surface area contributed by atoms with E-state index in [2.05, 4.69) is 6.08 Å². The first-order chi connectivity index (χ1) is 8.75. The standard InChI is InChI=1S/C16H22O3/c1-9(2)5-6-10-7-11-12(17)8-13(18)14(15(11)19)16(10,3)4/h5,8,10-11,14,17H,6-7H2,1-4H3/t10-,11-,14-/m0/s1. The number of Topliss-reactive ketones (excluding diaryl/α,β-unsaturated/α-hetero) is 1. The van der Waals surface area contributed by atoms with Crippen LogP contribution in [0, 0.1) is 23.2 Å². The molecule has 0 aromatic heterocycles. The Kier molecular flexibility index (Phi) is 3.41. The first kappa shape index (κ1) is 14.0. The van der Waals surface area contributed by atoms with Crippen molar-refractivity contribution >= 4 is 11.6 Å². The third kappa shape index (κ3) is 2.26. The van der Waals surface area contributed by atoms with Gasteiger partial charge >= 0.3 is 0 Å². The van der Waals surface area contributed by atoms with Crippen LogP contribution in [0.15, 0.2) is 23.5 Å². The van der Waals surface area contributed by atoms with Crippen molar-refractivity contribution < 1.29 is 14.7 Å². The monoisotopic (exact) mass is 262 g/mol. The van der Waals surface area contributed by atoms with Crippen LogP contribution in [0.25, 0.3) is 0 Å². The normalized spacial score (nSPS) is 32.8. The summed E-state index contributed by atoms with van der Waals surface area (Å²) in [6.07, 6.45) is 4.91. The van der Waals surface area contributed by atoms with Crippen LogP contribution in [0.1, 0.15) is 40.5 Å². The van der Waals surface area contributed by atoms with Crippen LogP contribution in [-0.2, 0) is 9.59 Å². The fraction of sp³-hybridized carbons (Fsp3) is 0.625. The molecule has 0 spiro atoms. The van der Waals surface area contributed by atoms with Crippen LogP contribution in [0.2, 0.25) is 0 Å². The Labute approximate surface area is 114 Å². The molecule has 2 aliphatic rings. The maximum atomic E-state index is 12.3. The molecule has 2 bridgehead atoms. The van der Waals surface area contributed by atoms with Crippen molar-refractivity contribution in [3.63, 3.8) is 0 Å². The van der Waals surface area contributed by atoms with Crippen LogP contribution in [-0.4, -0.2) is 16.7 Å². The number of carbonyl (C=O) groups excluding carboxylic acids is 2. The zero-order chi connectivity index (χ0) is 14.4. The van der Waals surface area contributed by atoms with Crippen molar-refractivity contribution in [1.82, 2.24) is 0 Å². The molecule has 19 heavy (non-hydrogen) atoms. The van der Waals surface area contributed by atoms with Gasteiger partial charge in [0.25, 0.3) is 0 Å². The van der Waals surface area contributed by atoms with Crippen molar-refractivity contribution in [2.45, 2.75) is 40.5 Å². The molecule has 2 aliphatic carbocycles. The largest absolute Gasteiger partial charge is 0.511 e. The number of hydrogen-bond acceptors (Lipinski definition) is 3. The molecule has 1 N–H and O–H groups in total. The van der Waals surface area contributed by atoms with E-state index in [1.54, 1.807) is 0 Å². The highest BCUT2D eigenvalue weighted by Gasteiger charge is 2.54. The van der Waals surface area contributed by atoms with E-state index in [1.807, 2.05) is 27.7 Å². The van der Waals surface area contributed by atoms with Crippen molar-refractivity contribution in [2.24, 2.45) is 23.2 Å². The molecule has 2 rings (SSSR count). The first-order valence-electron chi connectivity index (χ1n) is 6.86. The minimum Gasteiger partial charge on any atom is -0.511 e. The van der Waals surface area contributed by atoms with E-state index >= 15 is 0 Å². The summed E-state index contributed by atoms with van der Waals surface area (Å²) in [5, 5.41) is 9.83. The molecule has 0 unspecified atom stereocenters. The molecule has 3 heteroatoms. The molecule has 0 amide bonds. The number of allylic oxidation sites excluding steroid dienone is 4. The van der Waals surface area contributed by atoms with Gasteiger partial charge in [0.05, 0.1) is 11.8 Å². The van der Waals surface area contributed by atoms with Gasteiger partial charge in [-0.3, -0.25) is 9.59 Å². The zero-order valence-electron chi connectivity index (χ0n) is 12.1. The van der Waals surface area contributed by atoms with E-state index in [0.29, 0.717) is 6.42 Å². The number of fused-ring (bicyclic) bond motifs is 2. The van der Waals surface area contributed by atoms with Gasteiger partial charge in [-0.25, -0.2) is 0 Å². The zero-order valence-corrected chi connectivity index (χ0v) is 12.1. The van der Waals surface area contributed by atoms with Gasteiger partial charge in [-0.15, -0.1) is 0 Å². The summed E-state index contributed by atoms with van der Waals surface area (Å²) in [4.78, 5) is 24.3. The van der Waals surface area contributed by atoms with Gasteiger partial charge in [-0.2, -0.15) is 0 Å². The van der Waals surface area contributed by atoms with E-state index < -0.39 is 11.8 Å². The number of hydrogen-bond donors (Lipinski definition) is 1. The highest BCUT2D eigenvalue weighted by atomic mass is 16.3. The third-order valence-corrected chi connectivity index (χ3v) is 4.69. The van der Waals surface area contributed by atoms with E-state index in [9.17, 15) is 14.7 Å². The molecule has 3 nitrogen and oxygen atoms in total. The lowest BCUT2D eigenvalue weighted by atomic mass is 9.54.